The lowest BCUT2D eigenvalue weighted by Crippen LogP contribution is -2.49. The van der Waals surface area contributed by atoms with E-state index in [1.54, 1.807) is 0 Å². The molecule has 0 fully saturated rings. The number of hydrogen-bond donors (Lipinski definition) is 0. The van der Waals surface area contributed by atoms with Gasteiger partial charge in [-0.1, -0.05) is 203 Å². The fourth-order valence-electron chi connectivity index (χ4n) is 12.5. The van der Waals surface area contributed by atoms with Gasteiger partial charge in [0.1, 0.15) is 8.07 Å². The van der Waals surface area contributed by atoms with Gasteiger partial charge in [0, 0.05) is 5.41 Å². The first kappa shape index (κ1) is 36.2. The Kier molecular flexibility index (Phi) is 7.16. The van der Waals surface area contributed by atoms with Crippen molar-refractivity contribution in [2.45, 2.75) is 32.4 Å². The van der Waals surface area contributed by atoms with Crippen LogP contribution >= 0.6 is 0 Å². The highest BCUT2D eigenvalue weighted by Gasteiger charge is 2.39. The Balaban J connectivity index is 1.14. The smallest absolute Gasteiger partial charge is 0.0623 e. The molecule has 0 saturated heterocycles. The first-order valence-electron chi connectivity index (χ1n) is 22.8. The van der Waals surface area contributed by atoms with Gasteiger partial charge in [0.2, 0.25) is 0 Å². The largest absolute Gasteiger partial charge is 0.113 e. The standard InChI is InChI=1S/C63H44Si/c1-63(2)56-25-11-9-20-43(56)44-29-27-39(34-57(44)63)38-28-30-51-53(33-38)62(46-22-13-16-37-15-5-6-17-40(37)46)55-36-59-52(45-21-10-12-26-58(45)64(59,3)4)35-54(55)61(51)50-32-31-49-42-19-8-7-18-41(42)47-23-14-24-48(50)60(47)49/h5-36H,1-4H3. The van der Waals surface area contributed by atoms with Crippen LogP contribution < -0.4 is 10.4 Å². The predicted molar refractivity (Wildman–Crippen MR) is 277 cm³/mol. The summed E-state index contributed by atoms with van der Waals surface area (Å²) in [5, 5.41) is 13.5. The highest BCUT2D eigenvalue weighted by atomic mass is 28.3. The molecule has 0 saturated carbocycles. The van der Waals surface area contributed by atoms with E-state index in [1.807, 2.05) is 0 Å². The molecule has 0 spiro atoms. The third-order valence-electron chi connectivity index (χ3n) is 15.6. The van der Waals surface area contributed by atoms with Gasteiger partial charge in [-0.2, -0.15) is 0 Å². The summed E-state index contributed by atoms with van der Waals surface area (Å²) in [5.41, 5.74) is 21.3. The first-order chi connectivity index (χ1) is 31.3. The molecule has 64 heavy (non-hydrogen) atoms. The van der Waals surface area contributed by atoms with Crippen LogP contribution in [0.2, 0.25) is 13.1 Å². The normalized spacial score (nSPS) is 14.5. The van der Waals surface area contributed by atoms with Gasteiger partial charge in [0.15, 0.2) is 0 Å². The maximum Gasteiger partial charge on any atom is 0.113 e. The quantitative estimate of drug-likeness (QED) is 0.123. The Morgan fingerprint density at radius 1 is 0.312 bits per heavy atom. The molecule has 0 unspecified atom stereocenters. The molecule has 11 aromatic rings. The van der Waals surface area contributed by atoms with Crippen LogP contribution in [0.5, 0.6) is 0 Å². The summed E-state index contributed by atoms with van der Waals surface area (Å²) in [6, 6.07) is 74.7. The van der Waals surface area contributed by atoms with E-state index in [4.69, 9.17) is 0 Å². The van der Waals surface area contributed by atoms with Crippen LogP contribution in [-0.4, -0.2) is 8.07 Å². The van der Waals surface area contributed by atoms with Crippen molar-refractivity contribution >= 4 is 61.5 Å². The predicted octanol–water partition coefficient (Wildman–Crippen LogP) is 16.1. The number of rotatable bonds is 3. The van der Waals surface area contributed by atoms with E-state index in [-0.39, 0.29) is 5.41 Å². The molecule has 3 aliphatic rings. The summed E-state index contributed by atoms with van der Waals surface area (Å²) in [6.07, 6.45) is 0. The second-order valence-corrected chi connectivity index (χ2v) is 23.8. The zero-order valence-electron chi connectivity index (χ0n) is 36.5. The minimum absolute atomic E-state index is 0.0830. The molecule has 0 atom stereocenters. The molecule has 11 aromatic carbocycles. The lowest BCUT2D eigenvalue weighted by Gasteiger charge is -2.24. The molecular weight excluding hydrogens is 785 g/mol. The van der Waals surface area contributed by atoms with Crippen LogP contribution in [0.1, 0.15) is 25.0 Å². The van der Waals surface area contributed by atoms with Crippen molar-refractivity contribution in [2.24, 2.45) is 0 Å². The van der Waals surface area contributed by atoms with Crippen LogP contribution in [0, 0.1) is 0 Å². The highest BCUT2D eigenvalue weighted by molar-refractivity contribution is 7.04. The van der Waals surface area contributed by atoms with Crippen molar-refractivity contribution in [1.29, 1.82) is 0 Å². The summed E-state index contributed by atoms with van der Waals surface area (Å²) in [4.78, 5) is 0. The highest BCUT2D eigenvalue weighted by Crippen LogP contribution is 2.54. The maximum atomic E-state index is 2.65. The molecule has 0 amide bonds. The fourth-order valence-corrected chi connectivity index (χ4v) is 15.6. The molecule has 300 valence electrons. The summed E-state index contributed by atoms with van der Waals surface area (Å²) in [7, 11) is -2.04. The van der Waals surface area contributed by atoms with Crippen LogP contribution in [0.15, 0.2) is 194 Å². The Hall–Kier alpha value is -7.32. The van der Waals surface area contributed by atoms with E-state index in [2.05, 4.69) is 221 Å². The average molecular weight is 829 g/mol. The van der Waals surface area contributed by atoms with E-state index >= 15 is 0 Å². The molecule has 0 bridgehead atoms. The van der Waals surface area contributed by atoms with Gasteiger partial charge in [-0.25, -0.2) is 0 Å². The Morgan fingerprint density at radius 3 is 1.70 bits per heavy atom. The lowest BCUT2D eigenvalue weighted by atomic mass is 9.80. The van der Waals surface area contributed by atoms with E-state index in [0.29, 0.717) is 0 Å². The van der Waals surface area contributed by atoms with Crippen LogP contribution in [0.3, 0.4) is 0 Å². The minimum atomic E-state index is -2.04. The third kappa shape index (κ3) is 4.67. The van der Waals surface area contributed by atoms with Crippen molar-refractivity contribution in [2.75, 3.05) is 0 Å². The molecule has 2 aliphatic carbocycles. The van der Waals surface area contributed by atoms with Gasteiger partial charge < -0.3 is 0 Å². The maximum absolute atomic E-state index is 2.65. The zero-order valence-corrected chi connectivity index (χ0v) is 37.5. The molecule has 14 rings (SSSR count). The van der Waals surface area contributed by atoms with Crippen LogP contribution in [0.4, 0.5) is 0 Å². The summed E-state index contributed by atoms with van der Waals surface area (Å²) < 4.78 is 0. The second-order valence-electron chi connectivity index (χ2n) is 19.5. The van der Waals surface area contributed by atoms with E-state index in [9.17, 15) is 0 Å². The number of hydrogen-bond acceptors (Lipinski definition) is 0. The van der Waals surface area contributed by atoms with Gasteiger partial charge in [-0.05, 0) is 161 Å². The topological polar surface area (TPSA) is 0 Å². The molecular formula is C63H44Si. The van der Waals surface area contributed by atoms with Gasteiger partial charge >= 0.3 is 0 Å². The SMILES string of the molecule is CC1(C)c2ccccc2-c2ccc(-c3ccc4c(-c5ccc6c7c(cccc57)-c5ccccc5-6)c5cc6c(cc5c(-c5cccc7ccccc57)c4c3)[Si](C)(C)c3ccccc3-6)cc21. The minimum Gasteiger partial charge on any atom is -0.0623 e. The van der Waals surface area contributed by atoms with Crippen molar-refractivity contribution in [3.63, 3.8) is 0 Å². The molecule has 1 heterocycles. The van der Waals surface area contributed by atoms with Gasteiger partial charge in [-0.15, -0.1) is 0 Å². The molecule has 1 aliphatic heterocycles. The van der Waals surface area contributed by atoms with Gasteiger partial charge in [0.25, 0.3) is 0 Å². The van der Waals surface area contributed by atoms with Gasteiger partial charge in [-0.3, -0.25) is 0 Å². The Bertz CT molecular complexity index is 3860. The lowest BCUT2D eigenvalue weighted by molar-refractivity contribution is 0.660. The molecule has 0 nitrogen and oxygen atoms in total. The number of benzene rings is 11. The van der Waals surface area contributed by atoms with Crippen LogP contribution in [-0.2, 0) is 5.41 Å². The van der Waals surface area contributed by atoms with E-state index < -0.39 is 8.07 Å². The monoisotopic (exact) mass is 828 g/mol. The Morgan fingerprint density at radius 2 is 0.844 bits per heavy atom. The molecule has 0 radical (unpaired) electrons. The summed E-state index contributed by atoms with van der Waals surface area (Å²) >= 11 is 0. The van der Waals surface area contributed by atoms with Crippen molar-refractivity contribution in [3.8, 4) is 77.9 Å². The second kappa shape index (κ2) is 12.7. The van der Waals surface area contributed by atoms with E-state index in [1.165, 1.54) is 142 Å². The summed E-state index contributed by atoms with van der Waals surface area (Å²) in [5.74, 6) is 0. The first-order valence-corrected chi connectivity index (χ1v) is 25.8. The summed E-state index contributed by atoms with van der Waals surface area (Å²) in [6.45, 7) is 9.87. The number of fused-ring (bicyclic) bond motifs is 12. The van der Waals surface area contributed by atoms with Crippen molar-refractivity contribution in [1.82, 2.24) is 0 Å². The van der Waals surface area contributed by atoms with Gasteiger partial charge in [0.05, 0.1) is 0 Å². The third-order valence-corrected chi connectivity index (χ3v) is 19.2. The zero-order chi connectivity index (χ0) is 42.6. The average Bonchev–Trinajstić information content (AvgIpc) is 3.87. The Labute approximate surface area is 375 Å². The molecule has 0 N–H and O–H groups in total. The van der Waals surface area contributed by atoms with E-state index in [0.717, 1.165) is 0 Å². The molecule has 1 heteroatoms. The van der Waals surface area contributed by atoms with Crippen molar-refractivity contribution < 1.29 is 0 Å². The van der Waals surface area contributed by atoms with Crippen LogP contribution in [0.25, 0.3) is 121 Å². The van der Waals surface area contributed by atoms with Crippen molar-refractivity contribution in [3.05, 3.63) is 205 Å². The fraction of sp³-hybridized carbons (Fsp3) is 0.0794. The molecule has 0 aromatic heterocycles.